The second-order valence-corrected chi connectivity index (χ2v) is 8.07. The van der Waals surface area contributed by atoms with Crippen molar-refractivity contribution in [1.29, 1.82) is 0 Å². The van der Waals surface area contributed by atoms with E-state index in [-0.39, 0.29) is 0 Å². The topological polar surface area (TPSA) is 96.9 Å². The van der Waals surface area contributed by atoms with Gasteiger partial charge in [0.05, 0.1) is 11.8 Å². The molecule has 9 heteroatoms. The van der Waals surface area contributed by atoms with Crippen LogP contribution in [0.5, 0.6) is 5.75 Å². The number of hydrogen-bond acceptors (Lipinski definition) is 5. The Morgan fingerprint density at radius 1 is 0.969 bits per heavy atom. The number of carbonyl (C=O) groups excluding carboxylic acids is 3. The number of esters is 1. The SMILES string of the molecule is Cc1c(Cl)cccc1NC(=O)C(=O)N/N=C\c1ccc(OC(=O)c2ccccc2I)cc1. The molecule has 32 heavy (non-hydrogen) atoms. The first-order valence-corrected chi connectivity index (χ1v) is 10.8. The van der Waals surface area contributed by atoms with E-state index in [4.69, 9.17) is 16.3 Å². The van der Waals surface area contributed by atoms with Crippen LogP contribution in [0.15, 0.2) is 71.8 Å². The van der Waals surface area contributed by atoms with Crippen LogP contribution in [0.4, 0.5) is 5.69 Å². The number of carbonyl (C=O) groups is 3. The molecule has 0 radical (unpaired) electrons. The van der Waals surface area contributed by atoms with Crippen molar-refractivity contribution in [2.75, 3.05) is 5.32 Å². The fourth-order valence-corrected chi connectivity index (χ4v) is 3.33. The van der Waals surface area contributed by atoms with Crippen LogP contribution in [0.25, 0.3) is 0 Å². The number of hydrazone groups is 1. The molecule has 0 aromatic heterocycles. The predicted octanol–water partition coefficient (Wildman–Crippen LogP) is 4.56. The van der Waals surface area contributed by atoms with Gasteiger partial charge < -0.3 is 10.1 Å². The van der Waals surface area contributed by atoms with Gasteiger partial charge in [0.2, 0.25) is 0 Å². The number of ether oxygens (including phenoxy) is 1. The minimum absolute atomic E-state index is 0.368. The van der Waals surface area contributed by atoms with Gasteiger partial charge in [0.1, 0.15) is 5.75 Å². The quantitative estimate of drug-likeness (QED) is 0.119. The summed E-state index contributed by atoms with van der Waals surface area (Å²) in [6.45, 7) is 1.73. The summed E-state index contributed by atoms with van der Waals surface area (Å²) in [5, 5.41) is 6.74. The molecule has 3 aromatic rings. The molecule has 0 aliphatic carbocycles. The fraction of sp³-hybridized carbons (Fsp3) is 0.0435. The van der Waals surface area contributed by atoms with Crippen molar-refractivity contribution in [2.24, 2.45) is 5.10 Å². The van der Waals surface area contributed by atoms with Crippen LogP contribution in [0, 0.1) is 10.5 Å². The van der Waals surface area contributed by atoms with Crippen LogP contribution in [0.1, 0.15) is 21.5 Å². The average Bonchev–Trinajstić information content (AvgIpc) is 2.78. The van der Waals surface area contributed by atoms with Crippen molar-refractivity contribution < 1.29 is 19.1 Å². The normalized spacial score (nSPS) is 10.6. The van der Waals surface area contributed by atoms with Gasteiger partial charge in [0.25, 0.3) is 0 Å². The van der Waals surface area contributed by atoms with Crippen molar-refractivity contribution >= 4 is 63.9 Å². The Balaban J connectivity index is 1.53. The van der Waals surface area contributed by atoms with E-state index in [1.807, 2.05) is 12.1 Å². The molecule has 0 unspecified atom stereocenters. The minimum atomic E-state index is -0.927. The maximum atomic E-state index is 12.3. The summed E-state index contributed by atoms with van der Waals surface area (Å²) in [6.07, 6.45) is 1.36. The van der Waals surface area contributed by atoms with Crippen LogP contribution in [-0.2, 0) is 9.59 Å². The minimum Gasteiger partial charge on any atom is -0.423 e. The third-order valence-corrected chi connectivity index (χ3v) is 5.64. The molecule has 0 atom stereocenters. The second-order valence-electron chi connectivity index (χ2n) is 6.50. The standard InChI is InChI=1S/C23H17ClIN3O4/c1-14-18(24)6-4-8-20(14)27-21(29)22(30)28-26-13-15-9-11-16(12-10-15)32-23(31)17-5-2-3-7-19(17)25/h2-13H,1H3,(H,27,29)(H,28,30)/b26-13-. The first kappa shape index (κ1) is 23.4. The summed E-state index contributed by atoms with van der Waals surface area (Å²) in [4.78, 5) is 36.2. The molecular formula is C23H17ClIN3O4. The van der Waals surface area contributed by atoms with E-state index >= 15 is 0 Å². The molecule has 0 saturated heterocycles. The van der Waals surface area contributed by atoms with E-state index < -0.39 is 17.8 Å². The third kappa shape index (κ3) is 6.14. The first-order valence-electron chi connectivity index (χ1n) is 9.31. The highest BCUT2D eigenvalue weighted by Crippen LogP contribution is 2.22. The highest BCUT2D eigenvalue weighted by atomic mass is 127. The average molecular weight is 562 g/mol. The zero-order chi connectivity index (χ0) is 23.1. The first-order chi connectivity index (χ1) is 15.3. The van der Waals surface area contributed by atoms with E-state index in [9.17, 15) is 14.4 Å². The summed E-state index contributed by atoms with van der Waals surface area (Å²) < 4.78 is 6.16. The number of nitrogens with one attached hydrogen (secondary N) is 2. The van der Waals surface area contributed by atoms with Crippen molar-refractivity contribution in [2.45, 2.75) is 6.92 Å². The van der Waals surface area contributed by atoms with Gasteiger partial charge in [-0.25, -0.2) is 10.2 Å². The zero-order valence-electron chi connectivity index (χ0n) is 16.8. The Bertz CT molecular complexity index is 1200. The smallest absolute Gasteiger partial charge is 0.344 e. The zero-order valence-corrected chi connectivity index (χ0v) is 19.7. The molecule has 0 bridgehead atoms. The highest BCUT2D eigenvalue weighted by molar-refractivity contribution is 14.1. The van der Waals surface area contributed by atoms with Gasteiger partial charge >= 0.3 is 17.8 Å². The number of nitrogens with zero attached hydrogens (tertiary/aromatic N) is 1. The third-order valence-electron chi connectivity index (χ3n) is 4.29. The van der Waals surface area contributed by atoms with Crippen LogP contribution in [0.3, 0.4) is 0 Å². The summed E-state index contributed by atoms with van der Waals surface area (Å²) in [5.74, 6) is -1.88. The van der Waals surface area contributed by atoms with E-state index in [0.29, 0.717) is 33.1 Å². The van der Waals surface area contributed by atoms with Crippen LogP contribution in [-0.4, -0.2) is 24.0 Å². The fourth-order valence-electron chi connectivity index (χ4n) is 2.55. The van der Waals surface area contributed by atoms with Crippen molar-refractivity contribution in [1.82, 2.24) is 5.43 Å². The van der Waals surface area contributed by atoms with E-state index in [1.165, 1.54) is 6.21 Å². The van der Waals surface area contributed by atoms with E-state index in [1.54, 1.807) is 61.5 Å². The lowest BCUT2D eigenvalue weighted by atomic mass is 10.2. The van der Waals surface area contributed by atoms with Crippen LogP contribution >= 0.6 is 34.2 Å². The molecule has 162 valence electrons. The van der Waals surface area contributed by atoms with Crippen LogP contribution in [0.2, 0.25) is 5.02 Å². The van der Waals surface area contributed by atoms with Gasteiger partial charge in [0, 0.05) is 14.3 Å². The van der Waals surface area contributed by atoms with Gasteiger partial charge in [-0.05, 0) is 89.2 Å². The van der Waals surface area contributed by atoms with Crippen LogP contribution < -0.4 is 15.5 Å². The lowest BCUT2D eigenvalue weighted by molar-refractivity contribution is -0.136. The lowest BCUT2D eigenvalue weighted by Crippen LogP contribution is -2.32. The Hall–Kier alpha value is -3.24. The maximum Gasteiger partial charge on any atom is 0.344 e. The monoisotopic (exact) mass is 561 g/mol. The Morgan fingerprint density at radius 3 is 2.41 bits per heavy atom. The predicted molar refractivity (Wildman–Crippen MR) is 131 cm³/mol. The molecule has 3 rings (SSSR count). The van der Waals surface area contributed by atoms with Gasteiger partial charge in [-0.1, -0.05) is 29.8 Å². The summed E-state index contributed by atoms with van der Waals surface area (Å²) in [6, 6.07) is 18.6. The highest BCUT2D eigenvalue weighted by Gasteiger charge is 2.15. The molecule has 2 N–H and O–H groups in total. The molecule has 7 nitrogen and oxygen atoms in total. The molecular weight excluding hydrogens is 545 g/mol. The molecule has 2 amide bonds. The Morgan fingerprint density at radius 2 is 1.69 bits per heavy atom. The van der Waals surface area contributed by atoms with Gasteiger partial charge in [0.15, 0.2) is 0 Å². The summed E-state index contributed by atoms with van der Waals surface area (Å²) in [5.41, 5.74) is 4.36. The lowest BCUT2D eigenvalue weighted by Gasteiger charge is -2.08. The molecule has 0 saturated carbocycles. The van der Waals surface area contributed by atoms with E-state index in [0.717, 1.165) is 3.57 Å². The number of amides is 2. The van der Waals surface area contributed by atoms with Crippen molar-refractivity contribution in [3.63, 3.8) is 0 Å². The second kappa shape index (κ2) is 10.9. The largest absolute Gasteiger partial charge is 0.423 e. The molecule has 0 aliphatic rings. The molecule has 3 aromatic carbocycles. The summed E-state index contributed by atoms with van der Waals surface area (Å²) >= 11 is 8.07. The van der Waals surface area contributed by atoms with Crippen molar-refractivity contribution in [3.8, 4) is 5.75 Å². The maximum absolute atomic E-state index is 12.3. The number of benzene rings is 3. The van der Waals surface area contributed by atoms with Crippen molar-refractivity contribution in [3.05, 3.63) is 92.0 Å². The molecule has 0 fully saturated rings. The number of rotatable bonds is 5. The van der Waals surface area contributed by atoms with Gasteiger partial charge in [-0.15, -0.1) is 0 Å². The van der Waals surface area contributed by atoms with Gasteiger partial charge in [-0.3, -0.25) is 9.59 Å². The summed E-state index contributed by atoms with van der Waals surface area (Å²) in [7, 11) is 0. The molecule has 0 heterocycles. The molecule has 0 aliphatic heterocycles. The van der Waals surface area contributed by atoms with Gasteiger partial charge in [-0.2, -0.15) is 5.10 Å². The Labute approximate surface area is 202 Å². The number of hydrogen-bond donors (Lipinski definition) is 2. The number of anilines is 1. The Kier molecular flexibility index (Phi) is 7.96. The molecule has 0 spiro atoms. The number of halogens is 2. The van der Waals surface area contributed by atoms with E-state index in [2.05, 4.69) is 38.4 Å².